The number of carbonyl (C=O) groups excluding carboxylic acids is 1. The van der Waals surface area contributed by atoms with Crippen molar-refractivity contribution in [2.75, 3.05) is 6.54 Å². The van der Waals surface area contributed by atoms with E-state index in [4.69, 9.17) is 11.6 Å². The van der Waals surface area contributed by atoms with Gasteiger partial charge < -0.3 is 5.32 Å². The lowest BCUT2D eigenvalue weighted by Gasteiger charge is -2.54. The van der Waals surface area contributed by atoms with Gasteiger partial charge in [0.15, 0.2) is 0 Å². The molecule has 4 saturated carbocycles. The van der Waals surface area contributed by atoms with E-state index in [-0.39, 0.29) is 21.9 Å². The van der Waals surface area contributed by atoms with Crippen LogP contribution < -0.4 is 5.32 Å². The van der Waals surface area contributed by atoms with Gasteiger partial charge in [0.1, 0.15) is 10.9 Å². The van der Waals surface area contributed by atoms with Gasteiger partial charge in [-0.05, 0) is 80.8 Å². The predicted octanol–water partition coefficient (Wildman–Crippen LogP) is 3.43. The zero-order chi connectivity index (χ0) is 19.5. The highest BCUT2D eigenvalue weighted by Crippen LogP contribution is 2.53. The molecule has 1 aliphatic heterocycles. The highest BCUT2D eigenvalue weighted by atomic mass is 35.5. The third-order valence-corrected chi connectivity index (χ3v) is 9.87. The summed E-state index contributed by atoms with van der Waals surface area (Å²) in [6.45, 7) is 0.368. The molecule has 4 aliphatic carbocycles. The fourth-order valence-electron chi connectivity index (χ4n) is 6.49. The summed E-state index contributed by atoms with van der Waals surface area (Å²) in [4.78, 5) is 13.2. The molecule has 1 N–H and O–H groups in total. The van der Waals surface area contributed by atoms with Crippen LogP contribution in [0.4, 0.5) is 0 Å². The van der Waals surface area contributed by atoms with E-state index >= 15 is 0 Å². The molecule has 152 valence electrons. The first-order valence-electron chi connectivity index (χ1n) is 10.5. The number of carbonyl (C=O) groups is 1. The van der Waals surface area contributed by atoms with E-state index in [0.29, 0.717) is 31.2 Å². The van der Waals surface area contributed by atoms with Crippen molar-refractivity contribution in [1.82, 2.24) is 9.62 Å². The lowest BCUT2D eigenvalue weighted by atomic mass is 9.54. The Labute approximate surface area is 171 Å². The standard InChI is InChI=1S/C21H27ClN2O3S/c22-17-4-1-2-6-19(17)28(26,27)24-7-3-5-18(24)21(25)23-20-15-9-13-8-14(11-15)12-16(20)10-13/h1-2,4,6,13-16,18,20H,3,5,7-12H2,(H,23,25)/t13?,14?,15?,16?,18-,20?/m0/s1. The Morgan fingerprint density at radius 3 is 2.32 bits per heavy atom. The fraction of sp³-hybridized carbons (Fsp3) is 0.667. The minimum Gasteiger partial charge on any atom is -0.351 e. The van der Waals surface area contributed by atoms with Crippen LogP contribution >= 0.6 is 11.6 Å². The Kier molecular flexibility index (Phi) is 4.72. The molecule has 5 nitrogen and oxygen atoms in total. The Morgan fingerprint density at radius 2 is 1.68 bits per heavy atom. The molecule has 1 aromatic carbocycles. The molecular formula is C21H27ClN2O3S. The van der Waals surface area contributed by atoms with E-state index in [0.717, 1.165) is 11.8 Å². The number of hydrogen-bond donors (Lipinski definition) is 1. The van der Waals surface area contributed by atoms with Crippen molar-refractivity contribution in [2.24, 2.45) is 23.7 Å². The van der Waals surface area contributed by atoms with Crippen LogP contribution in [0.2, 0.25) is 5.02 Å². The third kappa shape index (κ3) is 3.08. The maximum Gasteiger partial charge on any atom is 0.245 e. The number of halogens is 1. The van der Waals surface area contributed by atoms with Gasteiger partial charge in [0.05, 0.1) is 5.02 Å². The number of hydrogen-bond acceptors (Lipinski definition) is 3. The summed E-state index contributed by atoms with van der Waals surface area (Å²) in [6.07, 6.45) is 7.55. The molecule has 1 aromatic rings. The van der Waals surface area contributed by atoms with Crippen LogP contribution in [0.25, 0.3) is 0 Å². The second-order valence-electron chi connectivity index (χ2n) is 9.17. The zero-order valence-electron chi connectivity index (χ0n) is 15.9. The molecule has 1 atom stereocenters. The third-order valence-electron chi connectivity index (χ3n) is 7.47. The highest BCUT2D eigenvalue weighted by molar-refractivity contribution is 7.89. The van der Waals surface area contributed by atoms with Gasteiger partial charge in [0.2, 0.25) is 15.9 Å². The van der Waals surface area contributed by atoms with Crippen LogP contribution in [-0.2, 0) is 14.8 Å². The van der Waals surface area contributed by atoms with E-state index in [2.05, 4.69) is 5.32 Å². The number of sulfonamides is 1. The topological polar surface area (TPSA) is 66.5 Å². The van der Waals surface area contributed by atoms with E-state index in [1.54, 1.807) is 18.2 Å². The molecule has 6 rings (SSSR count). The monoisotopic (exact) mass is 422 g/mol. The zero-order valence-corrected chi connectivity index (χ0v) is 17.5. The molecule has 28 heavy (non-hydrogen) atoms. The summed E-state index contributed by atoms with van der Waals surface area (Å²) in [5.74, 6) is 2.73. The molecule has 0 spiro atoms. The molecule has 0 unspecified atom stereocenters. The number of nitrogens with zero attached hydrogens (tertiary/aromatic N) is 1. The van der Waals surface area contributed by atoms with Gasteiger partial charge in [0, 0.05) is 12.6 Å². The molecule has 4 bridgehead atoms. The Morgan fingerprint density at radius 1 is 1.04 bits per heavy atom. The maximum atomic E-state index is 13.2. The van der Waals surface area contributed by atoms with Gasteiger partial charge in [-0.15, -0.1) is 0 Å². The van der Waals surface area contributed by atoms with Crippen molar-refractivity contribution in [2.45, 2.75) is 61.9 Å². The molecule has 1 heterocycles. The van der Waals surface area contributed by atoms with Crippen LogP contribution in [0.5, 0.6) is 0 Å². The second kappa shape index (κ2) is 6.99. The summed E-state index contributed by atoms with van der Waals surface area (Å²) in [5.41, 5.74) is 0. The molecular weight excluding hydrogens is 396 g/mol. The Bertz CT molecular complexity index is 859. The Balaban J connectivity index is 1.34. The smallest absolute Gasteiger partial charge is 0.245 e. The van der Waals surface area contributed by atoms with Gasteiger partial charge in [-0.2, -0.15) is 4.31 Å². The highest BCUT2D eigenvalue weighted by Gasteiger charge is 2.50. The quantitative estimate of drug-likeness (QED) is 0.808. The average Bonchev–Trinajstić information content (AvgIpc) is 3.15. The van der Waals surface area contributed by atoms with E-state index < -0.39 is 16.1 Å². The van der Waals surface area contributed by atoms with Crippen LogP contribution in [-0.4, -0.2) is 37.3 Å². The second-order valence-corrected chi connectivity index (χ2v) is 11.4. The van der Waals surface area contributed by atoms with E-state index in [1.807, 2.05) is 0 Å². The van der Waals surface area contributed by atoms with Crippen molar-refractivity contribution in [1.29, 1.82) is 0 Å². The SMILES string of the molecule is O=C(NC1C2CC3CC(C2)CC1C3)[C@@H]1CCCN1S(=O)(=O)c1ccccc1Cl. The van der Waals surface area contributed by atoms with E-state index in [9.17, 15) is 13.2 Å². The van der Waals surface area contributed by atoms with Crippen LogP contribution in [0.15, 0.2) is 29.2 Å². The summed E-state index contributed by atoms with van der Waals surface area (Å²) in [5, 5.41) is 3.50. The molecule has 5 fully saturated rings. The van der Waals surface area contributed by atoms with Crippen molar-refractivity contribution < 1.29 is 13.2 Å². The minimum atomic E-state index is -3.78. The van der Waals surface area contributed by atoms with Crippen molar-refractivity contribution in [3.05, 3.63) is 29.3 Å². The summed E-state index contributed by atoms with van der Waals surface area (Å²) in [7, 11) is -3.78. The summed E-state index contributed by atoms with van der Waals surface area (Å²) in [6, 6.07) is 6.07. The molecule has 0 aromatic heterocycles. The number of benzene rings is 1. The first-order chi connectivity index (χ1) is 13.4. The number of nitrogens with one attached hydrogen (secondary N) is 1. The van der Waals surface area contributed by atoms with Crippen LogP contribution in [0, 0.1) is 23.7 Å². The molecule has 1 saturated heterocycles. The van der Waals surface area contributed by atoms with Gasteiger partial charge in [-0.25, -0.2) is 8.42 Å². The number of rotatable bonds is 4. The van der Waals surface area contributed by atoms with E-state index in [1.165, 1.54) is 42.5 Å². The van der Waals surface area contributed by atoms with Crippen LogP contribution in [0.3, 0.4) is 0 Å². The van der Waals surface area contributed by atoms with Gasteiger partial charge in [-0.1, -0.05) is 23.7 Å². The normalized spacial score (nSPS) is 37.3. The molecule has 0 radical (unpaired) electrons. The van der Waals surface area contributed by atoms with Crippen LogP contribution in [0.1, 0.15) is 44.9 Å². The predicted molar refractivity (Wildman–Crippen MR) is 107 cm³/mol. The van der Waals surface area contributed by atoms with Gasteiger partial charge in [-0.3, -0.25) is 4.79 Å². The first kappa shape index (κ1) is 18.9. The van der Waals surface area contributed by atoms with Crippen molar-refractivity contribution >= 4 is 27.5 Å². The molecule has 7 heteroatoms. The lowest BCUT2D eigenvalue weighted by Crippen LogP contribution is -2.58. The fourth-order valence-corrected chi connectivity index (χ4v) is 8.64. The van der Waals surface area contributed by atoms with Crippen molar-refractivity contribution in [3.8, 4) is 0 Å². The average molecular weight is 423 g/mol. The first-order valence-corrected chi connectivity index (χ1v) is 12.3. The molecule has 1 amide bonds. The summed E-state index contributed by atoms with van der Waals surface area (Å²) >= 11 is 6.15. The molecule has 5 aliphatic rings. The lowest BCUT2D eigenvalue weighted by molar-refractivity contribution is -0.128. The Hall–Kier alpha value is -1.11. The number of amides is 1. The summed E-state index contributed by atoms with van der Waals surface area (Å²) < 4.78 is 27.7. The largest absolute Gasteiger partial charge is 0.351 e. The van der Waals surface area contributed by atoms with Crippen molar-refractivity contribution in [3.63, 3.8) is 0 Å². The van der Waals surface area contributed by atoms with Gasteiger partial charge >= 0.3 is 0 Å². The minimum absolute atomic E-state index is 0.0889. The maximum absolute atomic E-state index is 13.2. The van der Waals surface area contributed by atoms with Gasteiger partial charge in [0.25, 0.3) is 0 Å².